The van der Waals surface area contributed by atoms with Gasteiger partial charge in [-0.2, -0.15) is 23.5 Å². The zero-order valence-electron chi connectivity index (χ0n) is 24.5. The summed E-state index contributed by atoms with van der Waals surface area (Å²) in [7, 11) is 0. The number of halogens is 3. The third-order valence-corrected chi connectivity index (χ3v) is 7.86. The van der Waals surface area contributed by atoms with Crippen molar-refractivity contribution in [3.63, 3.8) is 0 Å². The Morgan fingerprint density at radius 1 is 0.957 bits per heavy atom. The van der Waals surface area contributed by atoms with Gasteiger partial charge in [-0.15, -0.1) is 0 Å². The van der Waals surface area contributed by atoms with E-state index in [9.17, 15) is 22.8 Å². The number of piperazine rings is 1. The molecule has 6 rings (SSSR count). The van der Waals surface area contributed by atoms with Crippen LogP contribution in [0.1, 0.15) is 32.6 Å². The molecular weight excluding hydrogens is 603 g/mol. The molecule has 0 radical (unpaired) electrons. The predicted molar refractivity (Wildman–Crippen MR) is 161 cm³/mol. The van der Waals surface area contributed by atoms with E-state index in [1.165, 1.54) is 11.1 Å². The van der Waals surface area contributed by atoms with Crippen molar-refractivity contribution in [2.75, 3.05) is 49.2 Å². The summed E-state index contributed by atoms with van der Waals surface area (Å²) in [6, 6.07) is 17.8. The van der Waals surface area contributed by atoms with Gasteiger partial charge in [-0.3, -0.25) is 9.59 Å². The summed E-state index contributed by atoms with van der Waals surface area (Å²) < 4.78 is 52.7. The first kappa shape index (κ1) is 30.4. The van der Waals surface area contributed by atoms with E-state index in [4.69, 9.17) is 14.7 Å². The average molecular weight is 632 g/mol. The summed E-state index contributed by atoms with van der Waals surface area (Å²) in [6.45, 7) is 2.87. The maximum absolute atomic E-state index is 13.6. The van der Waals surface area contributed by atoms with Gasteiger partial charge in [-0.05, 0) is 42.0 Å². The highest BCUT2D eigenvalue weighted by molar-refractivity contribution is 5.94. The second-order valence-corrected chi connectivity index (χ2v) is 10.7. The molecule has 46 heavy (non-hydrogen) atoms. The molecule has 2 aliphatic heterocycles. The SMILES string of the molecule is N#Cc1ccc(N2CCN(C(=O)c3cccc(OCCOc4cccc5c4CN(c4cn[nH]c(=O)c4C(F)(F)F)C5)c3)CC2)nc1. The molecule has 236 valence electrons. The lowest BCUT2D eigenvalue weighted by Gasteiger charge is -2.35. The van der Waals surface area contributed by atoms with Crippen LogP contribution in [0, 0.1) is 11.3 Å². The van der Waals surface area contributed by atoms with Crippen molar-refractivity contribution in [3.05, 3.63) is 105 Å². The van der Waals surface area contributed by atoms with Crippen LogP contribution in [0.4, 0.5) is 24.7 Å². The maximum atomic E-state index is 13.6. The number of pyridine rings is 1. The Labute approximate surface area is 261 Å². The van der Waals surface area contributed by atoms with E-state index in [2.05, 4.69) is 21.1 Å². The van der Waals surface area contributed by atoms with Crippen molar-refractivity contribution < 1.29 is 27.4 Å². The van der Waals surface area contributed by atoms with Gasteiger partial charge in [-0.1, -0.05) is 18.2 Å². The van der Waals surface area contributed by atoms with E-state index in [-0.39, 0.29) is 37.9 Å². The highest BCUT2D eigenvalue weighted by Crippen LogP contribution is 2.39. The van der Waals surface area contributed by atoms with Gasteiger partial charge >= 0.3 is 6.18 Å². The van der Waals surface area contributed by atoms with Gasteiger partial charge in [0.05, 0.1) is 17.4 Å². The Bertz CT molecular complexity index is 1830. The fourth-order valence-corrected chi connectivity index (χ4v) is 5.59. The van der Waals surface area contributed by atoms with E-state index in [0.29, 0.717) is 48.8 Å². The fraction of sp³-hybridized carbons (Fsp3) is 0.281. The number of alkyl halides is 3. The molecule has 0 unspecified atom stereocenters. The molecule has 1 amide bonds. The van der Waals surface area contributed by atoms with Crippen LogP contribution in [0.25, 0.3) is 0 Å². The lowest BCUT2D eigenvalue weighted by molar-refractivity contribution is -0.138. The van der Waals surface area contributed by atoms with Crippen LogP contribution in [-0.4, -0.2) is 65.4 Å². The van der Waals surface area contributed by atoms with Crippen LogP contribution in [0.3, 0.4) is 0 Å². The molecule has 4 aromatic rings. The molecule has 0 spiro atoms. The lowest BCUT2D eigenvalue weighted by Crippen LogP contribution is -2.49. The zero-order valence-corrected chi connectivity index (χ0v) is 24.5. The monoisotopic (exact) mass is 631 g/mol. The van der Waals surface area contributed by atoms with Crippen LogP contribution in [0.5, 0.6) is 11.5 Å². The Morgan fingerprint density at radius 3 is 2.48 bits per heavy atom. The second-order valence-electron chi connectivity index (χ2n) is 10.7. The molecule has 0 atom stereocenters. The molecule has 0 aliphatic carbocycles. The molecule has 1 fully saturated rings. The van der Waals surface area contributed by atoms with Gasteiger partial charge in [0.1, 0.15) is 42.2 Å². The summed E-state index contributed by atoms with van der Waals surface area (Å²) >= 11 is 0. The van der Waals surface area contributed by atoms with Crippen LogP contribution in [-0.2, 0) is 19.3 Å². The van der Waals surface area contributed by atoms with Gasteiger partial charge in [-0.25, -0.2) is 10.1 Å². The molecule has 0 saturated carbocycles. The van der Waals surface area contributed by atoms with Gasteiger partial charge in [0.15, 0.2) is 0 Å². The molecular formula is C32H28F3N7O4. The van der Waals surface area contributed by atoms with Crippen molar-refractivity contribution in [1.29, 1.82) is 5.26 Å². The number of aromatic nitrogens is 3. The molecule has 11 nitrogen and oxygen atoms in total. The number of fused-ring (bicyclic) bond motifs is 1. The number of nitrogens with one attached hydrogen (secondary N) is 1. The fourth-order valence-electron chi connectivity index (χ4n) is 5.59. The Morgan fingerprint density at radius 2 is 1.74 bits per heavy atom. The minimum absolute atomic E-state index is 0.108. The van der Waals surface area contributed by atoms with E-state index < -0.39 is 17.3 Å². The largest absolute Gasteiger partial charge is 0.490 e. The van der Waals surface area contributed by atoms with E-state index in [1.54, 1.807) is 59.5 Å². The Kier molecular flexibility index (Phi) is 8.47. The zero-order chi connectivity index (χ0) is 32.3. The lowest BCUT2D eigenvalue weighted by atomic mass is 10.1. The number of aromatic amines is 1. The van der Waals surface area contributed by atoms with Crippen LogP contribution in [0.15, 0.2) is 71.8 Å². The van der Waals surface area contributed by atoms with Gasteiger partial charge in [0.25, 0.3) is 11.5 Å². The van der Waals surface area contributed by atoms with Crippen molar-refractivity contribution >= 4 is 17.4 Å². The highest BCUT2D eigenvalue weighted by Gasteiger charge is 2.40. The van der Waals surface area contributed by atoms with Gasteiger partial charge in [0, 0.05) is 56.6 Å². The quantitative estimate of drug-likeness (QED) is 0.287. The summed E-state index contributed by atoms with van der Waals surface area (Å²) in [5.41, 5.74) is -0.368. The topological polar surface area (TPSA) is 128 Å². The first-order valence-corrected chi connectivity index (χ1v) is 14.5. The number of amides is 1. The number of anilines is 2. The number of hydrogen-bond acceptors (Lipinski definition) is 9. The Balaban J connectivity index is 1.02. The molecule has 1 N–H and O–H groups in total. The van der Waals surface area contributed by atoms with Crippen LogP contribution >= 0.6 is 0 Å². The third kappa shape index (κ3) is 6.44. The minimum Gasteiger partial charge on any atom is -0.490 e. The normalized spacial score (nSPS) is 14.5. The highest BCUT2D eigenvalue weighted by atomic mass is 19.4. The number of H-pyrrole nitrogens is 1. The van der Waals surface area contributed by atoms with Crippen molar-refractivity contribution in [2.45, 2.75) is 19.3 Å². The first-order chi connectivity index (χ1) is 22.2. The number of nitrogens with zero attached hydrogens (tertiary/aromatic N) is 6. The van der Waals surface area contributed by atoms with E-state index in [1.807, 2.05) is 5.10 Å². The van der Waals surface area contributed by atoms with Crippen LogP contribution < -0.4 is 24.8 Å². The third-order valence-electron chi connectivity index (χ3n) is 7.86. The first-order valence-electron chi connectivity index (χ1n) is 14.5. The molecule has 2 aromatic heterocycles. The molecule has 0 bridgehead atoms. The van der Waals surface area contributed by atoms with E-state index in [0.717, 1.165) is 23.1 Å². The number of hydrogen-bond donors (Lipinski definition) is 1. The number of rotatable bonds is 8. The molecule has 4 heterocycles. The maximum Gasteiger partial charge on any atom is 0.423 e. The standard InChI is InChI=1S/C32H28F3N7O4/c33-32(34,35)29-26(18-38-39-30(29)43)42-19-23-4-2-6-27(25(23)20-42)46-14-13-45-24-5-1-3-22(15-24)31(44)41-11-9-40(10-12-41)28-8-7-21(16-36)17-37-28/h1-8,15,17-18H,9-14,19-20H2,(H,39,43). The molecule has 2 aromatic carbocycles. The van der Waals surface area contributed by atoms with Crippen LogP contribution in [0.2, 0.25) is 0 Å². The summed E-state index contributed by atoms with van der Waals surface area (Å²) in [4.78, 5) is 34.8. The number of ether oxygens (including phenoxy) is 2. The van der Waals surface area contributed by atoms with E-state index >= 15 is 0 Å². The smallest absolute Gasteiger partial charge is 0.423 e. The molecule has 2 aliphatic rings. The summed E-state index contributed by atoms with van der Waals surface area (Å²) in [5.74, 6) is 1.67. The summed E-state index contributed by atoms with van der Waals surface area (Å²) in [5, 5.41) is 14.4. The second kappa shape index (κ2) is 12.8. The van der Waals surface area contributed by atoms with Gasteiger partial charge < -0.3 is 24.2 Å². The molecule has 1 saturated heterocycles. The predicted octanol–water partition coefficient (Wildman–Crippen LogP) is 4.00. The minimum atomic E-state index is -4.83. The Hall–Kier alpha value is -5.58. The number of nitriles is 1. The van der Waals surface area contributed by atoms with Crippen molar-refractivity contribution in [2.24, 2.45) is 0 Å². The summed E-state index contributed by atoms with van der Waals surface area (Å²) in [6.07, 6.45) is -2.29. The molecule has 14 heteroatoms. The van der Waals surface area contributed by atoms with Crippen molar-refractivity contribution in [3.8, 4) is 17.6 Å². The average Bonchev–Trinajstić information content (AvgIpc) is 3.51. The number of carbonyl (C=O) groups is 1. The van der Waals surface area contributed by atoms with Gasteiger partial charge in [0.2, 0.25) is 0 Å². The van der Waals surface area contributed by atoms with Crippen molar-refractivity contribution in [1.82, 2.24) is 20.1 Å². The number of carbonyl (C=O) groups excluding carboxylic acids is 1. The number of benzene rings is 2.